The van der Waals surface area contributed by atoms with Crippen LogP contribution in [0.25, 0.3) is 0 Å². The molecule has 0 saturated carbocycles. The summed E-state index contributed by atoms with van der Waals surface area (Å²) in [5.41, 5.74) is 2.43. The number of ether oxygens (including phenoxy) is 1. The van der Waals surface area contributed by atoms with Gasteiger partial charge in [0.2, 0.25) is 10.0 Å². The van der Waals surface area contributed by atoms with Crippen LogP contribution in [-0.2, 0) is 27.7 Å². The van der Waals surface area contributed by atoms with Crippen molar-refractivity contribution in [2.24, 2.45) is 0 Å². The highest BCUT2D eigenvalue weighted by atomic mass is 32.2. The first kappa shape index (κ1) is 21.2. The Hall–Kier alpha value is -2.49. The number of aryl methyl sites for hydroxylation is 1. The molecule has 3 rings (SSSR count). The number of non-ortho nitro benzene ring substituents is 1. The largest absolute Gasteiger partial charge is 0.379 e. The van der Waals surface area contributed by atoms with Crippen LogP contribution in [0.3, 0.4) is 0 Å². The van der Waals surface area contributed by atoms with Gasteiger partial charge in [-0.25, -0.2) is 8.42 Å². The second-order valence-corrected chi connectivity index (χ2v) is 8.86. The number of benzene rings is 2. The summed E-state index contributed by atoms with van der Waals surface area (Å²) in [6, 6.07) is 12.1. The number of nitrogens with zero attached hydrogens (tertiary/aromatic N) is 3. The van der Waals surface area contributed by atoms with Gasteiger partial charge in [-0.05, 0) is 23.6 Å². The van der Waals surface area contributed by atoms with Gasteiger partial charge in [0.15, 0.2) is 0 Å². The Kier molecular flexibility index (Phi) is 6.51. The van der Waals surface area contributed by atoms with Crippen LogP contribution in [0.2, 0.25) is 0 Å². The molecule has 8 nitrogen and oxygen atoms in total. The minimum absolute atomic E-state index is 0.0544. The van der Waals surface area contributed by atoms with E-state index in [1.54, 1.807) is 11.9 Å². The maximum atomic E-state index is 13.2. The molecule has 0 N–H and O–H groups in total. The SMILES string of the molecule is CCc1ccc(CN(C)c2ccc([N+](=O)[O-])cc2S(=O)(=O)N2CCOCC2)cc1. The summed E-state index contributed by atoms with van der Waals surface area (Å²) in [5, 5.41) is 11.3. The summed E-state index contributed by atoms with van der Waals surface area (Å²) in [6.07, 6.45) is 0.945. The van der Waals surface area contributed by atoms with Gasteiger partial charge in [0.25, 0.3) is 5.69 Å². The molecular formula is C20H25N3O5S. The highest BCUT2D eigenvalue weighted by Crippen LogP contribution is 2.32. The number of rotatable bonds is 7. The molecule has 0 bridgehead atoms. The number of nitro benzene ring substituents is 1. The summed E-state index contributed by atoms with van der Waals surface area (Å²) in [7, 11) is -2.10. The number of anilines is 1. The van der Waals surface area contributed by atoms with E-state index in [4.69, 9.17) is 4.74 Å². The van der Waals surface area contributed by atoms with Gasteiger partial charge in [0, 0.05) is 38.8 Å². The molecule has 0 unspecified atom stereocenters. The van der Waals surface area contributed by atoms with E-state index in [1.165, 1.54) is 22.0 Å². The highest BCUT2D eigenvalue weighted by Gasteiger charge is 2.31. The standard InChI is InChI=1S/C20H25N3O5S/c1-3-16-4-6-17(7-5-16)15-21(2)19-9-8-18(23(24)25)14-20(19)29(26,27)22-10-12-28-13-11-22/h4-9,14H,3,10-13,15H2,1-2H3. The lowest BCUT2D eigenvalue weighted by Gasteiger charge is -2.29. The van der Waals surface area contributed by atoms with Crippen molar-refractivity contribution in [1.82, 2.24) is 4.31 Å². The molecule has 0 spiro atoms. The average Bonchev–Trinajstić information content (AvgIpc) is 2.74. The first-order valence-electron chi connectivity index (χ1n) is 9.48. The van der Waals surface area contributed by atoms with Crippen LogP contribution in [0.5, 0.6) is 0 Å². The van der Waals surface area contributed by atoms with Crippen molar-refractivity contribution in [2.75, 3.05) is 38.3 Å². The van der Waals surface area contributed by atoms with Crippen LogP contribution in [0.15, 0.2) is 47.4 Å². The van der Waals surface area contributed by atoms with E-state index < -0.39 is 14.9 Å². The molecule has 2 aromatic rings. The molecule has 0 radical (unpaired) electrons. The maximum Gasteiger partial charge on any atom is 0.270 e. The first-order chi connectivity index (χ1) is 13.8. The summed E-state index contributed by atoms with van der Waals surface area (Å²) in [5.74, 6) is 0. The molecule has 1 fully saturated rings. The van der Waals surface area contributed by atoms with Crippen molar-refractivity contribution in [3.8, 4) is 0 Å². The number of morpholine rings is 1. The number of nitro groups is 1. The fourth-order valence-electron chi connectivity index (χ4n) is 3.30. The van der Waals surface area contributed by atoms with Crippen molar-refractivity contribution in [1.29, 1.82) is 0 Å². The van der Waals surface area contributed by atoms with Crippen LogP contribution >= 0.6 is 0 Å². The van der Waals surface area contributed by atoms with Gasteiger partial charge >= 0.3 is 0 Å². The molecule has 29 heavy (non-hydrogen) atoms. The number of sulfonamides is 1. The molecule has 1 heterocycles. The minimum Gasteiger partial charge on any atom is -0.379 e. The molecule has 9 heteroatoms. The normalized spacial score (nSPS) is 15.2. The van der Waals surface area contributed by atoms with Crippen LogP contribution in [0.4, 0.5) is 11.4 Å². The zero-order valence-corrected chi connectivity index (χ0v) is 17.4. The van der Waals surface area contributed by atoms with E-state index in [0.29, 0.717) is 25.4 Å². The van der Waals surface area contributed by atoms with E-state index in [0.717, 1.165) is 18.1 Å². The monoisotopic (exact) mass is 419 g/mol. The van der Waals surface area contributed by atoms with E-state index in [-0.39, 0.29) is 23.7 Å². The second kappa shape index (κ2) is 8.89. The molecule has 156 valence electrons. The van der Waals surface area contributed by atoms with E-state index in [9.17, 15) is 18.5 Å². The predicted molar refractivity (Wildman–Crippen MR) is 111 cm³/mol. The molecule has 0 aliphatic carbocycles. The lowest BCUT2D eigenvalue weighted by atomic mass is 10.1. The number of hydrogen-bond acceptors (Lipinski definition) is 6. The summed E-state index contributed by atoms with van der Waals surface area (Å²) in [4.78, 5) is 12.4. The van der Waals surface area contributed by atoms with Gasteiger partial charge in [-0.15, -0.1) is 0 Å². The van der Waals surface area contributed by atoms with Crippen molar-refractivity contribution >= 4 is 21.4 Å². The molecular weight excluding hydrogens is 394 g/mol. The molecule has 0 amide bonds. The Labute approximate surface area is 170 Å². The molecule has 1 saturated heterocycles. The smallest absolute Gasteiger partial charge is 0.270 e. The quantitative estimate of drug-likeness (QED) is 0.506. The van der Waals surface area contributed by atoms with Crippen molar-refractivity contribution in [3.63, 3.8) is 0 Å². The molecule has 1 aliphatic heterocycles. The summed E-state index contributed by atoms with van der Waals surface area (Å²) in [6.45, 7) is 3.64. The Balaban J connectivity index is 1.97. The first-order valence-corrected chi connectivity index (χ1v) is 10.9. The van der Waals surface area contributed by atoms with Crippen molar-refractivity contribution < 1.29 is 18.1 Å². The van der Waals surface area contributed by atoms with Crippen LogP contribution in [-0.4, -0.2) is 51.0 Å². The van der Waals surface area contributed by atoms with Gasteiger partial charge < -0.3 is 9.64 Å². The fraction of sp³-hybridized carbons (Fsp3) is 0.400. The van der Waals surface area contributed by atoms with Crippen LogP contribution in [0, 0.1) is 10.1 Å². The lowest BCUT2D eigenvalue weighted by Crippen LogP contribution is -2.41. The Morgan fingerprint density at radius 2 is 1.72 bits per heavy atom. The van der Waals surface area contributed by atoms with E-state index in [2.05, 4.69) is 6.92 Å². The molecule has 2 aromatic carbocycles. The van der Waals surface area contributed by atoms with E-state index >= 15 is 0 Å². The van der Waals surface area contributed by atoms with Crippen molar-refractivity contribution in [2.45, 2.75) is 24.8 Å². The summed E-state index contributed by atoms with van der Waals surface area (Å²) < 4.78 is 33.1. The zero-order chi connectivity index (χ0) is 21.0. The Morgan fingerprint density at radius 3 is 2.31 bits per heavy atom. The van der Waals surface area contributed by atoms with E-state index in [1.807, 2.05) is 24.3 Å². The Morgan fingerprint density at radius 1 is 1.10 bits per heavy atom. The molecule has 0 atom stereocenters. The van der Waals surface area contributed by atoms with Gasteiger partial charge in [0.05, 0.1) is 23.8 Å². The topological polar surface area (TPSA) is 93.0 Å². The predicted octanol–water partition coefficient (Wildman–Crippen LogP) is 2.81. The third-order valence-corrected chi connectivity index (χ3v) is 6.93. The van der Waals surface area contributed by atoms with Gasteiger partial charge in [-0.2, -0.15) is 4.31 Å². The number of hydrogen-bond donors (Lipinski definition) is 0. The highest BCUT2D eigenvalue weighted by molar-refractivity contribution is 7.89. The van der Waals surface area contributed by atoms with Crippen LogP contribution < -0.4 is 4.90 Å². The maximum absolute atomic E-state index is 13.2. The fourth-order valence-corrected chi connectivity index (χ4v) is 4.97. The average molecular weight is 420 g/mol. The lowest BCUT2D eigenvalue weighted by molar-refractivity contribution is -0.385. The second-order valence-electron chi connectivity index (χ2n) is 6.95. The zero-order valence-electron chi connectivity index (χ0n) is 16.6. The van der Waals surface area contributed by atoms with Gasteiger partial charge in [-0.1, -0.05) is 31.2 Å². The minimum atomic E-state index is -3.89. The van der Waals surface area contributed by atoms with Crippen molar-refractivity contribution in [3.05, 3.63) is 63.7 Å². The third kappa shape index (κ3) is 4.75. The molecule has 0 aromatic heterocycles. The summed E-state index contributed by atoms with van der Waals surface area (Å²) >= 11 is 0. The van der Waals surface area contributed by atoms with Crippen LogP contribution in [0.1, 0.15) is 18.1 Å². The van der Waals surface area contributed by atoms with Gasteiger partial charge in [0.1, 0.15) is 4.90 Å². The third-order valence-electron chi connectivity index (χ3n) is 5.00. The molecule has 1 aliphatic rings. The van der Waals surface area contributed by atoms with Gasteiger partial charge in [-0.3, -0.25) is 10.1 Å². The Bertz CT molecular complexity index is 970.